The van der Waals surface area contributed by atoms with Gasteiger partial charge in [0.05, 0.1) is 16.7 Å². The Kier molecular flexibility index (Phi) is 7.85. The number of hydrogen-bond acceptors (Lipinski definition) is 1. The largest absolute Gasteiger partial charge is 0.310 e. The Bertz CT molecular complexity index is 2790. The second-order valence-corrected chi connectivity index (χ2v) is 13.8. The van der Waals surface area contributed by atoms with Gasteiger partial charge in [-0.3, -0.25) is 0 Å². The maximum absolute atomic E-state index is 2.47. The zero-order chi connectivity index (χ0) is 35.8. The van der Waals surface area contributed by atoms with Crippen LogP contribution >= 0.6 is 0 Å². The Hall–Kier alpha value is -7.16. The molecule has 0 aliphatic heterocycles. The van der Waals surface area contributed by atoms with Crippen molar-refractivity contribution in [1.29, 1.82) is 0 Å². The normalized spacial score (nSPS) is 11.3. The van der Waals surface area contributed by atoms with Crippen molar-refractivity contribution in [1.82, 2.24) is 4.57 Å². The van der Waals surface area contributed by atoms with E-state index in [-0.39, 0.29) is 0 Å². The van der Waals surface area contributed by atoms with Crippen LogP contribution in [0.1, 0.15) is 0 Å². The molecule has 0 aliphatic carbocycles. The van der Waals surface area contributed by atoms with Gasteiger partial charge < -0.3 is 9.47 Å². The van der Waals surface area contributed by atoms with Crippen LogP contribution in [0, 0.1) is 0 Å². The molecule has 0 aliphatic rings. The van der Waals surface area contributed by atoms with Crippen molar-refractivity contribution < 1.29 is 0 Å². The molecule has 1 aromatic heterocycles. The fraction of sp³-hybridized carbons (Fsp3) is 0. The molecule has 0 amide bonds. The first kappa shape index (κ1) is 31.6. The van der Waals surface area contributed by atoms with E-state index >= 15 is 0 Å². The van der Waals surface area contributed by atoms with Gasteiger partial charge in [0.25, 0.3) is 0 Å². The second kappa shape index (κ2) is 13.4. The standard InChI is InChI=1S/C52H36N2/c1-5-15-37(16-6-1)40-25-30-45(31-26-40)53(46-32-27-41(28-33-46)38-17-7-2-8-18-38)50-36-43-21-13-14-24-47(43)52-51(50)48-34-29-42(39-19-9-3-10-20-39)35-49(48)54(52)44-22-11-4-12-23-44/h1-36H. The lowest BCUT2D eigenvalue weighted by atomic mass is 9.99. The Labute approximate surface area is 315 Å². The molecular weight excluding hydrogens is 653 g/mol. The summed E-state index contributed by atoms with van der Waals surface area (Å²) < 4.78 is 2.47. The summed E-state index contributed by atoms with van der Waals surface area (Å²) in [5.41, 5.74) is 14.0. The van der Waals surface area contributed by atoms with Crippen LogP contribution < -0.4 is 4.90 Å². The van der Waals surface area contributed by atoms with Gasteiger partial charge in [-0.1, -0.05) is 170 Å². The topological polar surface area (TPSA) is 8.17 Å². The minimum Gasteiger partial charge on any atom is -0.310 e. The van der Waals surface area contributed by atoms with Crippen molar-refractivity contribution in [2.45, 2.75) is 0 Å². The third kappa shape index (κ3) is 5.53. The van der Waals surface area contributed by atoms with Crippen LogP contribution in [-0.4, -0.2) is 4.57 Å². The highest BCUT2D eigenvalue weighted by Crippen LogP contribution is 2.47. The van der Waals surface area contributed by atoms with E-state index in [0.717, 1.165) is 22.7 Å². The number of rotatable bonds is 7. The average Bonchev–Trinajstić information content (AvgIpc) is 3.61. The molecular formula is C52H36N2. The fourth-order valence-electron chi connectivity index (χ4n) is 7.99. The van der Waals surface area contributed by atoms with Crippen LogP contribution in [0.2, 0.25) is 0 Å². The van der Waals surface area contributed by atoms with E-state index in [0.29, 0.717) is 0 Å². The van der Waals surface area contributed by atoms with Crippen LogP contribution in [0.4, 0.5) is 17.1 Å². The molecule has 0 fully saturated rings. The highest BCUT2D eigenvalue weighted by Gasteiger charge is 2.24. The molecule has 0 unspecified atom stereocenters. The number of para-hydroxylation sites is 1. The summed E-state index contributed by atoms with van der Waals surface area (Å²) in [7, 11) is 0. The summed E-state index contributed by atoms with van der Waals surface area (Å²) in [5.74, 6) is 0. The SMILES string of the molecule is c1ccc(-c2ccc(N(c3ccc(-c4ccccc4)cc3)c3cc4ccccc4c4c3c3ccc(-c5ccccc5)cc3n4-c3ccccc3)cc2)cc1. The predicted octanol–water partition coefficient (Wildman–Crippen LogP) is 14.4. The first-order valence-corrected chi connectivity index (χ1v) is 18.5. The van der Waals surface area contributed by atoms with Crippen LogP contribution in [0.3, 0.4) is 0 Å². The highest BCUT2D eigenvalue weighted by atomic mass is 15.1. The lowest BCUT2D eigenvalue weighted by molar-refractivity contribution is 1.19. The van der Waals surface area contributed by atoms with E-state index in [1.54, 1.807) is 0 Å². The minimum absolute atomic E-state index is 1.10. The minimum atomic E-state index is 1.10. The zero-order valence-electron chi connectivity index (χ0n) is 29.7. The number of anilines is 3. The third-order valence-electron chi connectivity index (χ3n) is 10.6. The molecule has 0 saturated heterocycles. The van der Waals surface area contributed by atoms with Crippen molar-refractivity contribution in [2.75, 3.05) is 4.90 Å². The second-order valence-electron chi connectivity index (χ2n) is 13.8. The smallest absolute Gasteiger partial charge is 0.0640 e. The van der Waals surface area contributed by atoms with E-state index in [1.165, 1.54) is 66.0 Å². The van der Waals surface area contributed by atoms with Gasteiger partial charge >= 0.3 is 0 Å². The molecule has 2 heteroatoms. The first-order chi connectivity index (χ1) is 26.8. The third-order valence-corrected chi connectivity index (χ3v) is 10.6. The summed E-state index contributed by atoms with van der Waals surface area (Å²) >= 11 is 0. The average molecular weight is 689 g/mol. The molecule has 54 heavy (non-hydrogen) atoms. The van der Waals surface area contributed by atoms with Gasteiger partial charge in [0.2, 0.25) is 0 Å². The molecule has 2 nitrogen and oxygen atoms in total. The number of hydrogen-bond donors (Lipinski definition) is 0. The van der Waals surface area contributed by atoms with Crippen LogP contribution in [-0.2, 0) is 0 Å². The molecule has 0 spiro atoms. The number of benzene rings is 9. The van der Waals surface area contributed by atoms with Gasteiger partial charge in [-0.25, -0.2) is 0 Å². The molecule has 0 atom stereocenters. The van der Waals surface area contributed by atoms with Gasteiger partial charge in [0.15, 0.2) is 0 Å². The van der Waals surface area contributed by atoms with Gasteiger partial charge in [0, 0.05) is 33.2 Å². The van der Waals surface area contributed by atoms with Crippen molar-refractivity contribution in [3.05, 3.63) is 218 Å². The number of aromatic nitrogens is 1. The predicted molar refractivity (Wildman–Crippen MR) is 229 cm³/mol. The Morgan fingerprint density at radius 1 is 0.333 bits per heavy atom. The zero-order valence-corrected chi connectivity index (χ0v) is 29.7. The van der Waals surface area contributed by atoms with Crippen LogP contribution in [0.25, 0.3) is 71.6 Å². The van der Waals surface area contributed by atoms with Crippen molar-refractivity contribution in [3.63, 3.8) is 0 Å². The molecule has 1 heterocycles. The maximum Gasteiger partial charge on any atom is 0.0640 e. The van der Waals surface area contributed by atoms with Crippen molar-refractivity contribution >= 4 is 49.6 Å². The maximum atomic E-state index is 2.47. The number of fused-ring (bicyclic) bond motifs is 5. The van der Waals surface area contributed by atoms with Gasteiger partial charge in [-0.2, -0.15) is 0 Å². The lowest BCUT2D eigenvalue weighted by Crippen LogP contribution is -2.10. The Balaban J connectivity index is 1.28. The molecule has 10 aromatic rings. The molecule has 0 bridgehead atoms. The molecule has 10 rings (SSSR count). The molecule has 0 N–H and O–H groups in total. The van der Waals surface area contributed by atoms with Gasteiger partial charge in [0.1, 0.15) is 0 Å². The molecule has 0 radical (unpaired) electrons. The summed E-state index contributed by atoms with van der Waals surface area (Å²) in [4.78, 5) is 2.44. The summed E-state index contributed by atoms with van der Waals surface area (Å²) in [5, 5.41) is 4.83. The molecule has 254 valence electrons. The Morgan fingerprint density at radius 3 is 1.33 bits per heavy atom. The Morgan fingerprint density at radius 2 is 0.778 bits per heavy atom. The fourth-order valence-corrected chi connectivity index (χ4v) is 7.99. The van der Waals surface area contributed by atoms with Crippen molar-refractivity contribution in [3.8, 4) is 39.1 Å². The number of nitrogens with zero attached hydrogens (tertiary/aromatic N) is 2. The first-order valence-electron chi connectivity index (χ1n) is 18.5. The van der Waals surface area contributed by atoms with Gasteiger partial charge in [-0.15, -0.1) is 0 Å². The van der Waals surface area contributed by atoms with E-state index in [2.05, 4.69) is 228 Å². The highest BCUT2D eigenvalue weighted by molar-refractivity contribution is 6.25. The summed E-state index contributed by atoms with van der Waals surface area (Å²) in [6, 6.07) is 78.9. The van der Waals surface area contributed by atoms with Crippen LogP contribution in [0.15, 0.2) is 218 Å². The van der Waals surface area contributed by atoms with E-state index in [4.69, 9.17) is 0 Å². The monoisotopic (exact) mass is 688 g/mol. The molecule has 9 aromatic carbocycles. The quantitative estimate of drug-likeness (QED) is 0.162. The summed E-state index contributed by atoms with van der Waals surface area (Å²) in [6.45, 7) is 0. The molecule has 0 saturated carbocycles. The van der Waals surface area contributed by atoms with E-state index < -0.39 is 0 Å². The van der Waals surface area contributed by atoms with E-state index in [9.17, 15) is 0 Å². The van der Waals surface area contributed by atoms with Crippen LogP contribution in [0.5, 0.6) is 0 Å². The van der Waals surface area contributed by atoms with Gasteiger partial charge in [-0.05, 0) is 87.3 Å². The summed E-state index contributed by atoms with van der Waals surface area (Å²) in [6.07, 6.45) is 0. The van der Waals surface area contributed by atoms with Crippen molar-refractivity contribution in [2.24, 2.45) is 0 Å². The lowest BCUT2D eigenvalue weighted by Gasteiger charge is -2.27. The van der Waals surface area contributed by atoms with E-state index in [1.807, 2.05) is 0 Å².